The molecule has 1 fully saturated rings. The normalized spacial score (nSPS) is 19.1. The van der Waals surface area contributed by atoms with Gasteiger partial charge in [0.2, 0.25) is 5.91 Å². The molecule has 2 aromatic carbocycles. The van der Waals surface area contributed by atoms with E-state index in [4.69, 9.17) is 4.99 Å². The fourth-order valence-corrected chi connectivity index (χ4v) is 6.00. The monoisotopic (exact) mass is 466 g/mol. The molecule has 0 aromatic heterocycles. The van der Waals surface area contributed by atoms with E-state index >= 15 is 0 Å². The maximum absolute atomic E-state index is 13.5. The quantitative estimate of drug-likeness (QED) is 0.544. The summed E-state index contributed by atoms with van der Waals surface area (Å²) in [6, 6.07) is 15.6. The van der Waals surface area contributed by atoms with E-state index in [1.54, 1.807) is 16.7 Å². The van der Waals surface area contributed by atoms with Gasteiger partial charge in [0.05, 0.1) is 11.4 Å². The van der Waals surface area contributed by atoms with Crippen LogP contribution in [0.1, 0.15) is 33.6 Å². The number of para-hydroxylation sites is 1. The molecular weight excluding hydrogens is 440 g/mol. The lowest BCUT2D eigenvalue weighted by atomic mass is 10.3. The average Bonchev–Trinajstić information content (AvgIpc) is 3.30. The van der Waals surface area contributed by atoms with Gasteiger partial charge < -0.3 is 10.2 Å². The van der Waals surface area contributed by atoms with Crippen LogP contribution >= 0.6 is 23.5 Å². The van der Waals surface area contributed by atoms with Gasteiger partial charge in [0.25, 0.3) is 5.91 Å². The lowest BCUT2D eigenvalue weighted by Gasteiger charge is -2.19. The summed E-state index contributed by atoms with van der Waals surface area (Å²) in [5.74, 6) is -0.0932. The number of fused-ring (bicyclic) bond motifs is 1. The number of thioether (sulfide) groups is 2. The first kappa shape index (κ1) is 22.5. The Kier molecular flexibility index (Phi) is 6.91. The van der Waals surface area contributed by atoms with Gasteiger partial charge in [-0.25, -0.2) is 4.99 Å². The summed E-state index contributed by atoms with van der Waals surface area (Å²) in [7, 11) is 0. The Morgan fingerprint density at radius 1 is 1.03 bits per heavy atom. The molecule has 4 rings (SSSR count). The van der Waals surface area contributed by atoms with Crippen LogP contribution in [0.25, 0.3) is 0 Å². The van der Waals surface area contributed by atoms with Crippen LogP contribution in [0.5, 0.6) is 0 Å². The third-order valence-electron chi connectivity index (χ3n) is 5.13. The predicted octanol–water partition coefficient (Wildman–Crippen LogP) is 5.81. The van der Waals surface area contributed by atoms with Crippen LogP contribution in [-0.2, 0) is 9.59 Å². The molecule has 0 spiro atoms. The lowest BCUT2D eigenvalue weighted by molar-refractivity contribution is -0.122. The highest BCUT2D eigenvalue weighted by atomic mass is 32.2. The predicted molar refractivity (Wildman–Crippen MR) is 134 cm³/mol. The number of nitrogens with one attached hydrogen (secondary N) is 1. The number of amidine groups is 1. The minimum absolute atomic E-state index is 0.0193. The molecular formula is C24H26N4O2S2. The first-order valence-corrected chi connectivity index (χ1v) is 12.4. The summed E-state index contributed by atoms with van der Waals surface area (Å²) in [4.78, 5) is 35.4. The van der Waals surface area contributed by atoms with Crippen LogP contribution in [0.3, 0.4) is 0 Å². The van der Waals surface area contributed by atoms with E-state index in [-0.39, 0.29) is 11.8 Å². The number of aliphatic imine (C=N–C) groups is 1. The molecule has 2 amide bonds. The lowest BCUT2D eigenvalue weighted by Crippen LogP contribution is -2.30. The van der Waals surface area contributed by atoms with Gasteiger partial charge in [0.15, 0.2) is 5.17 Å². The molecule has 2 heterocycles. The summed E-state index contributed by atoms with van der Waals surface area (Å²) < 4.78 is 0. The van der Waals surface area contributed by atoms with Gasteiger partial charge in [0.1, 0.15) is 9.93 Å². The minimum atomic E-state index is -0.112. The highest BCUT2D eigenvalue weighted by Gasteiger charge is 2.39. The molecule has 166 valence electrons. The maximum Gasteiger partial charge on any atom is 0.269 e. The van der Waals surface area contributed by atoms with Crippen LogP contribution in [-0.4, -0.2) is 35.0 Å². The van der Waals surface area contributed by atoms with E-state index in [9.17, 15) is 9.59 Å². The van der Waals surface area contributed by atoms with E-state index in [1.165, 1.54) is 23.6 Å². The van der Waals surface area contributed by atoms with Crippen LogP contribution in [0, 0.1) is 0 Å². The van der Waals surface area contributed by atoms with Crippen LogP contribution in [0.15, 0.2) is 68.4 Å². The number of hydrogen-bond acceptors (Lipinski definition) is 6. The van der Waals surface area contributed by atoms with E-state index in [0.717, 1.165) is 46.4 Å². The average molecular weight is 467 g/mol. The number of carbonyl (C=O) groups excluding carboxylic acids is 2. The van der Waals surface area contributed by atoms with Gasteiger partial charge in [-0.1, -0.05) is 37.2 Å². The first-order chi connectivity index (χ1) is 15.5. The molecule has 32 heavy (non-hydrogen) atoms. The van der Waals surface area contributed by atoms with Crippen molar-refractivity contribution in [1.29, 1.82) is 0 Å². The number of anilines is 2. The summed E-state index contributed by atoms with van der Waals surface area (Å²) in [5, 5.41) is 4.44. The molecule has 0 saturated carbocycles. The Bertz CT molecular complexity index is 1100. The number of amides is 2. The number of unbranched alkanes of at least 4 members (excludes halogenated alkanes) is 1. The Labute approximate surface area is 197 Å². The third kappa shape index (κ3) is 4.56. The molecule has 6 nitrogen and oxygen atoms in total. The van der Waals surface area contributed by atoms with Crippen molar-refractivity contribution >= 4 is 57.6 Å². The van der Waals surface area contributed by atoms with Crippen molar-refractivity contribution in [3.8, 4) is 0 Å². The fourth-order valence-electron chi connectivity index (χ4n) is 3.58. The SMILES string of the molecule is CCCCN1C(=O)C(=C2Sc3ccccc3N2CC)SC1=Nc1ccc(NC(C)=O)cc1. The van der Waals surface area contributed by atoms with Gasteiger partial charge in [-0.3, -0.25) is 14.5 Å². The Morgan fingerprint density at radius 3 is 2.47 bits per heavy atom. The molecule has 2 aliphatic rings. The topological polar surface area (TPSA) is 65.0 Å². The second kappa shape index (κ2) is 9.83. The van der Waals surface area contributed by atoms with Crippen LogP contribution < -0.4 is 10.2 Å². The zero-order chi connectivity index (χ0) is 22.7. The van der Waals surface area contributed by atoms with Crippen molar-refractivity contribution < 1.29 is 9.59 Å². The summed E-state index contributed by atoms with van der Waals surface area (Å²) in [6.07, 6.45) is 1.92. The van der Waals surface area contributed by atoms with E-state index < -0.39 is 0 Å². The second-order valence-electron chi connectivity index (χ2n) is 7.48. The van der Waals surface area contributed by atoms with Crippen molar-refractivity contribution in [2.24, 2.45) is 4.99 Å². The molecule has 1 N–H and O–H groups in total. The van der Waals surface area contributed by atoms with Crippen molar-refractivity contribution in [1.82, 2.24) is 4.90 Å². The van der Waals surface area contributed by atoms with Crippen molar-refractivity contribution in [2.75, 3.05) is 23.3 Å². The van der Waals surface area contributed by atoms with Crippen molar-refractivity contribution in [3.63, 3.8) is 0 Å². The summed E-state index contributed by atoms with van der Waals surface area (Å²) in [6.45, 7) is 7.14. The zero-order valence-corrected chi connectivity index (χ0v) is 20.1. The largest absolute Gasteiger partial charge is 0.334 e. The number of carbonyl (C=O) groups is 2. The van der Waals surface area contributed by atoms with Gasteiger partial charge in [0, 0.05) is 30.6 Å². The Balaban J connectivity index is 1.67. The summed E-state index contributed by atoms with van der Waals surface area (Å²) >= 11 is 3.10. The van der Waals surface area contributed by atoms with Crippen LogP contribution in [0.4, 0.5) is 17.1 Å². The summed E-state index contributed by atoms with van der Waals surface area (Å²) in [5.41, 5.74) is 2.62. The molecule has 8 heteroatoms. The molecule has 2 aliphatic heterocycles. The third-order valence-corrected chi connectivity index (χ3v) is 7.51. The second-order valence-corrected chi connectivity index (χ2v) is 9.49. The van der Waals surface area contributed by atoms with Gasteiger partial charge in [-0.15, -0.1) is 0 Å². The van der Waals surface area contributed by atoms with E-state index in [1.807, 2.05) is 36.4 Å². The van der Waals surface area contributed by atoms with E-state index in [2.05, 4.69) is 36.2 Å². The molecule has 0 aliphatic carbocycles. The molecule has 0 atom stereocenters. The maximum atomic E-state index is 13.5. The van der Waals surface area contributed by atoms with Crippen LogP contribution in [0.2, 0.25) is 0 Å². The number of nitrogens with zero attached hydrogens (tertiary/aromatic N) is 3. The smallest absolute Gasteiger partial charge is 0.269 e. The van der Waals surface area contributed by atoms with Gasteiger partial charge in [-0.05, 0) is 61.5 Å². The highest BCUT2D eigenvalue weighted by Crippen LogP contribution is 2.50. The van der Waals surface area contributed by atoms with Crippen molar-refractivity contribution in [3.05, 3.63) is 58.5 Å². The number of benzene rings is 2. The zero-order valence-electron chi connectivity index (χ0n) is 18.4. The highest BCUT2D eigenvalue weighted by molar-refractivity contribution is 8.19. The van der Waals surface area contributed by atoms with Gasteiger partial charge >= 0.3 is 0 Å². The minimum Gasteiger partial charge on any atom is -0.334 e. The standard InChI is InChI=1S/C24H26N4O2S2/c1-4-6-15-28-22(30)21(23-27(5-2)19-9-7-8-10-20(19)31-23)32-24(28)26-18-13-11-17(12-14-18)25-16(3)29/h7-14H,4-6,15H2,1-3H3,(H,25,29). The van der Waals surface area contributed by atoms with Crippen molar-refractivity contribution in [2.45, 2.75) is 38.5 Å². The first-order valence-electron chi connectivity index (χ1n) is 10.8. The van der Waals surface area contributed by atoms with E-state index in [0.29, 0.717) is 11.7 Å². The van der Waals surface area contributed by atoms with Gasteiger partial charge in [-0.2, -0.15) is 0 Å². The fraction of sp³-hybridized carbons (Fsp3) is 0.292. The Morgan fingerprint density at radius 2 is 1.78 bits per heavy atom. The molecule has 2 aromatic rings. The Hall–Kier alpha value is -2.71. The molecule has 0 radical (unpaired) electrons. The molecule has 0 unspecified atom stereocenters. The molecule has 1 saturated heterocycles. The number of rotatable bonds is 6. The number of hydrogen-bond donors (Lipinski definition) is 1. The molecule has 0 bridgehead atoms.